The fourth-order valence-electron chi connectivity index (χ4n) is 3.40. The monoisotopic (exact) mass is 487 g/mol. The smallest absolute Gasteiger partial charge is 0.255 e. The molecule has 1 unspecified atom stereocenters. The third-order valence-corrected chi connectivity index (χ3v) is 6.83. The highest BCUT2D eigenvalue weighted by molar-refractivity contribution is 8.00. The summed E-state index contributed by atoms with van der Waals surface area (Å²) in [5.41, 5.74) is 4.03. The Bertz CT molecular complexity index is 1270. The number of nitrogens with two attached hydrogens (primary N) is 1. The molecule has 4 N–H and O–H groups in total. The molecule has 3 aromatic carbocycles. The molecule has 0 saturated carbocycles. The molecule has 3 aromatic rings. The van der Waals surface area contributed by atoms with Crippen LogP contribution in [-0.2, 0) is 20.6 Å². The fraction of sp³-hybridized carbons (Fsp3) is 0.174. The Morgan fingerprint density at radius 3 is 2.58 bits per heavy atom. The van der Waals surface area contributed by atoms with Gasteiger partial charge in [0.05, 0.1) is 10.9 Å². The van der Waals surface area contributed by atoms with Gasteiger partial charge in [-0.05, 0) is 66.9 Å². The van der Waals surface area contributed by atoms with Gasteiger partial charge < -0.3 is 10.6 Å². The lowest BCUT2D eigenvalue weighted by Crippen LogP contribution is -2.20. The second-order valence-electron chi connectivity index (χ2n) is 7.66. The van der Waals surface area contributed by atoms with E-state index < -0.39 is 15.9 Å². The molecular weight excluding hydrogens is 465 g/mol. The van der Waals surface area contributed by atoms with E-state index in [1.54, 1.807) is 19.0 Å². The van der Waals surface area contributed by atoms with Gasteiger partial charge in [-0.1, -0.05) is 24.3 Å². The number of benzene rings is 3. The van der Waals surface area contributed by atoms with E-state index in [1.807, 2.05) is 0 Å². The zero-order valence-corrected chi connectivity index (χ0v) is 19.3. The summed E-state index contributed by atoms with van der Waals surface area (Å²) in [6.45, 7) is 1.58. The van der Waals surface area contributed by atoms with Gasteiger partial charge in [0.2, 0.25) is 10.0 Å². The number of carbonyl (C=O) groups excluding carboxylic acids is 1. The van der Waals surface area contributed by atoms with Crippen molar-refractivity contribution < 1.29 is 21.8 Å². The average molecular weight is 488 g/mol. The Morgan fingerprint density at radius 1 is 1.15 bits per heavy atom. The van der Waals surface area contributed by atoms with Crippen LogP contribution in [0.25, 0.3) is 0 Å². The lowest BCUT2D eigenvalue weighted by molar-refractivity contribution is 0.102. The molecule has 2 aliphatic rings. The molecule has 1 saturated heterocycles. The van der Waals surface area contributed by atoms with Crippen LogP contribution in [-0.4, -0.2) is 25.8 Å². The van der Waals surface area contributed by atoms with Crippen molar-refractivity contribution in [2.45, 2.75) is 29.7 Å². The molecule has 172 valence electrons. The van der Waals surface area contributed by atoms with Crippen molar-refractivity contribution in [3.8, 4) is 0 Å². The van der Waals surface area contributed by atoms with E-state index in [9.17, 15) is 17.6 Å². The van der Waals surface area contributed by atoms with Gasteiger partial charge >= 0.3 is 0 Å². The summed E-state index contributed by atoms with van der Waals surface area (Å²) >= 11 is 1.57. The minimum atomic E-state index is -3.87. The molecular formula is C23H22FN3O4S2. The molecule has 0 bridgehead atoms. The SMILES string of the molecule is Cc1cc(NC(=O)c2cccc(S(N)(=O)=O)c2)ccc1F.c1ccc2c(c1)CC([C@@H]1OS1)N2. The predicted octanol–water partition coefficient (Wildman–Crippen LogP) is 4.06. The zero-order valence-electron chi connectivity index (χ0n) is 17.6. The second-order valence-corrected chi connectivity index (χ2v) is 10.1. The van der Waals surface area contributed by atoms with E-state index in [1.165, 1.54) is 53.7 Å². The minimum Gasteiger partial charge on any atom is -0.378 e. The quantitative estimate of drug-likeness (QED) is 0.378. The van der Waals surface area contributed by atoms with Crippen LogP contribution in [0.4, 0.5) is 15.8 Å². The number of anilines is 2. The first-order valence-electron chi connectivity index (χ1n) is 10.1. The number of primary sulfonamides is 1. The number of rotatable bonds is 4. The third-order valence-electron chi connectivity index (χ3n) is 5.17. The number of halogens is 1. The van der Waals surface area contributed by atoms with Gasteiger partial charge in [0.15, 0.2) is 5.44 Å². The number of amides is 1. The first-order valence-corrected chi connectivity index (χ1v) is 12.4. The van der Waals surface area contributed by atoms with Gasteiger partial charge in [-0.3, -0.25) is 8.98 Å². The number of hydrogen-bond donors (Lipinski definition) is 3. The second kappa shape index (κ2) is 9.52. The van der Waals surface area contributed by atoms with Crippen LogP contribution < -0.4 is 15.8 Å². The number of hydrogen-bond acceptors (Lipinski definition) is 6. The highest BCUT2D eigenvalue weighted by Gasteiger charge is 2.38. The molecule has 0 spiro atoms. The molecule has 10 heteroatoms. The van der Waals surface area contributed by atoms with Crippen molar-refractivity contribution in [2.24, 2.45) is 5.14 Å². The van der Waals surface area contributed by atoms with Gasteiger partial charge in [-0.15, -0.1) is 0 Å². The molecule has 5 rings (SSSR count). The van der Waals surface area contributed by atoms with Gasteiger partial charge in [0.1, 0.15) is 5.82 Å². The van der Waals surface area contributed by atoms with E-state index in [4.69, 9.17) is 9.32 Å². The molecule has 33 heavy (non-hydrogen) atoms. The molecule has 2 aliphatic heterocycles. The van der Waals surface area contributed by atoms with Crippen molar-refractivity contribution in [1.82, 2.24) is 0 Å². The van der Waals surface area contributed by atoms with Gasteiger partial charge in [0.25, 0.3) is 5.91 Å². The van der Waals surface area contributed by atoms with Gasteiger partial charge in [-0.2, -0.15) is 0 Å². The number of fused-ring (bicyclic) bond motifs is 1. The van der Waals surface area contributed by atoms with Crippen molar-refractivity contribution in [2.75, 3.05) is 10.6 Å². The van der Waals surface area contributed by atoms with E-state index in [2.05, 4.69) is 34.9 Å². The van der Waals surface area contributed by atoms with Crippen molar-refractivity contribution >= 4 is 39.3 Å². The molecule has 2 atom stereocenters. The number of aryl methyl sites for hydroxylation is 1. The van der Waals surface area contributed by atoms with Crippen LogP contribution in [0.5, 0.6) is 0 Å². The highest BCUT2D eigenvalue weighted by Crippen LogP contribution is 2.41. The summed E-state index contributed by atoms with van der Waals surface area (Å²) in [6, 6.07) is 18.5. The zero-order chi connectivity index (χ0) is 23.6. The third kappa shape index (κ3) is 5.91. The summed E-state index contributed by atoms with van der Waals surface area (Å²) in [6.07, 6.45) is 1.10. The lowest BCUT2D eigenvalue weighted by Gasteiger charge is -2.07. The first kappa shape index (κ1) is 23.2. The van der Waals surface area contributed by atoms with Crippen LogP contribution in [0.15, 0.2) is 71.6 Å². The Balaban J connectivity index is 0.000000180. The molecule has 1 fully saturated rings. The molecule has 7 nitrogen and oxygen atoms in total. The van der Waals surface area contributed by atoms with Crippen molar-refractivity contribution in [3.05, 3.63) is 89.2 Å². The molecule has 1 amide bonds. The number of carbonyl (C=O) groups is 1. The first-order chi connectivity index (χ1) is 15.7. The van der Waals surface area contributed by atoms with Crippen LogP contribution in [0, 0.1) is 12.7 Å². The van der Waals surface area contributed by atoms with E-state index >= 15 is 0 Å². The average Bonchev–Trinajstić information content (AvgIpc) is 3.55. The highest BCUT2D eigenvalue weighted by atomic mass is 32.2. The minimum absolute atomic E-state index is 0.142. The number of nitrogens with one attached hydrogen (secondary N) is 2. The summed E-state index contributed by atoms with van der Waals surface area (Å²) < 4.78 is 40.8. The Kier molecular flexibility index (Phi) is 6.71. The maximum atomic E-state index is 13.1. The summed E-state index contributed by atoms with van der Waals surface area (Å²) in [5.74, 6) is -0.879. The van der Waals surface area contributed by atoms with Crippen molar-refractivity contribution in [1.29, 1.82) is 0 Å². The van der Waals surface area contributed by atoms with E-state index in [0.29, 0.717) is 22.7 Å². The number of sulfonamides is 1. The predicted molar refractivity (Wildman–Crippen MR) is 127 cm³/mol. The maximum Gasteiger partial charge on any atom is 0.255 e. The fourth-order valence-corrected chi connectivity index (χ4v) is 4.45. The van der Waals surface area contributed by atoms with Crippen molar-refractivity contribution in [3.63, 3.8) is 0 Å². The molecule has 0 aromatic heterocycles. The lowest BCUT2D eigenvalue weighted by atomic mass is 10.1. The normalized spacial score (nSPS) is 18.4. The van der Waals surface area contributed by atoms with E-state index in [0.717, 1.165) is 6.42 Å². The largest absolute Gasteiger partial charge is 0.378 e. The maximum absolute atomic E-state index is 13.1. The van der Waals surface area contributed by atoms with Crippen LogP contribution in [0.3, 0.4) is 0 Å². The van der Waals surface area contributed by atoms with Crippen LogP contribution in [0.1, 0.15) is 21.5 Å². The van der Waals surface area contributed by atoms with E-state index in [-0.39, 0.29) is 16.3 Å². The number of para-hydroxylation sites is 1. The molecule has 0 aliphatic carbocycles. The van der Waals surface area contributed by atoms with Crippen LogP contribution >= 0.6 is 12.0 Å². The van der Waals surface area contributed by atoms with Gasteiger partial charge in [0, 0.05) is 29.0 Å². The summed E-state index contributed by atoms with van der Waals surface area (Å²) in [5, 5.41) is 11.0. The topological polar surface area (TPSA) is 114 Å². The standard InChI is InChI=1S/C14H13FN2O3S.C9H9NOS/c1-9-7-11(5-6-13(9)15)17-14(18)10-3-2-4-12(8-10)21(16,19)20;1-2-4-7-6(3-1)5-8(10-7)9-11-12-9/h2-8H,1H3,(H,17,18)(H2,16,19,20);1-4,8-10H,5H2/t;8?,9-/m.1/s1. The van der Waals surface area contributed by atoms with Crippen LogP contribution in [0.2, 0.25) is 0 Å². The summed E-state index contributed by atoms with van der Waals surface area (Å²) in [4.78, 5) is 11.9. The molecule has 0 radical (unpaired) electrons. The Labute approximate surface area is 195 Å². The van der Waals surface area contributed by atoms with Gasteiger partial charge in [-0.25, -0.2) is 17.9 Å². The Hall–Kier alpha value is -2.92. The summed E-state index contributed by atoms with van der Waals surface area (Å²) in [7, 11) is -3.87. The Morgan fingerprint density at radius 2 is 1.91 bits per heavy atom. The molecule has 2 heterocycles.